The molecule has 0 saturated heterocycles. The Balaban J connectivity index is 1.46. The number of carbonyl (C=O) groups is 2. The molecule has 1 N–H and O–H groups in total. The number of amides is 1. The first-order valence-electron chi connectivity index (χ1n) is 11.3. The third-order valence-corrected chi connectivity index (χ3v) is 8.46. The van der Waals surface area contributed by atoms with Crippen LogP contribution in [0.3, 0.4) is 0 Å². The van der Waals surface area contributed by atoms with Crippen molar-refractivity contribution in [3.8, 4) is 11.1 Å². The number of Topliss-reactive ketones (excluding diaryl/α,β-unsaturated/α-hetero) is 1. The van der Waals surface area contributed by atoms with Crippen LogP contribution in [0.2, 0.25) is 0 Å². The van der Waals surface area contributed by atoms with Crippen molar-refractivity contribution >= 4 is 33.1 Å². The van der Waals surface area contributed by atoms with E-state index in [-0.39, 0.29) is 22.5 Å². The van der Waals surface area contributed by atoms with Gasteiger partial charge in [-0.15, -0.1) is 0 Å². The average Bonchev–Trinajstić information content (AvgIpc) is 3.33. The zero-order valence-corrected chi connectivity index (χ0v) is 19.9. The molecule has 1 saturated carbocycles. The van der Waals surface area contributed by atoms with E-state index in [1.54, 1.807) is 35.2 Å². The van der Waals surface area contributed by atoms with Gasteiger partial charge < -0.3 is 5.32 Å². The lowest BCUT2D eigenvalue weighted by Gasteiger charge is -2.47. The van der Waals surface area contributed by atoms with Crippen molar-refractivity contribution in [3.05, 3.63) is 60.9 Å². The molecule has 0 radical (unpaired) electrons. The van der Waals surface area contributed by atoms with Gasteiger partial charge in [-0.3, -0.25) is 14.5 Å². The first-order chi connectivity index (χ1) is 16.2. The fourth-order valence-corrected chi connectivity index (χ4v) is 5.92. The lowest BCUT2D eigenvalue weighted by Crippen LogP contribution is -2.63. The van der Waals surface area contributed by atoms with Gasteiger partial charge in [-0.05, 0) is 61.2 Å². The molecule has 1 fully saturated rings. The Hall–Kier alpha value is -3.46. The minimum Gasteiger partial charge on any atom is -0.381 e. The van der Waals surface area contributed by atoms with Crippen molar-refractivity contribution < 1.29 is 18.0 Å². The van der Waals surface area contributed by atoms with Gasteiger partial charge in [-0.1, -0.05) is 24.6 Å². The molecule has 2 aromatic carbocycles. The van der Waals surface area contributed by atoms with Gasteiger partial charge in [-0.2, -0.15) is 17.6 Å². The lowest BCUT2D eigenvalue weighted by molar-refractivity contribution is -0.132. The van der Waals surface area contributed by atoms with Crippen molar-refractivity contribution in [1.29, 1.82) is 0 Å². The monoisotopic (exact) mass is 478 g/mol. The van der Waals surface area contributed by atoms with Crippen molar-refractivity contribution in [2.24, 2.45) is 5.92 Å². The first-order valence-corrected chi connectivity index (χ1v) is 12.7. The van der Waals surface area contributed by atoms with Crippen molar-refractivity contribution in [3.63, 3.8) is 0 Å². The van der Waals surface area contributed by atoms with Crippen LogP contribution in [0.5, 0.6) is 0 Å². The van der Waals surface area contributed by atoms with Gasteiger partial charge in [0.05, 0.1) is 22.5 Å². The Morgan fingerprint density at radius 3 is 2.38 bits per heavy atom. The second kappa shape index (κ2) is 8.09. The normalized spacial score (nSPS) is 20.2. The molecule has 2 aliphatic rings. The summed E-state index contributed by atoms with van der Waals surface area (Å²) >= 11 is 0. The van der Waals surface area contributed by atoms with E-state index in [2.05, 4.69) is 10.4 Å². The van der Waals surface area contributed by atoms with Crippen LogP contribution >= 0.6 is 0 Å². The average molecular weight is 479 g/mol. The Bertz CT molecular complexity index is 1360. The Morgan fingerprint density at radius 1 is 1.09 bits per heavy atom. The van der Waals surface area contributed by atoms with E-state index in [4.69, 9.17) is 0 Å². The summed E-state index contributed by atoms with van der Waals surface area (Å²) in [5, 5.41) is 7.19. The van der Waals surface area contributed by atoms with Crippen LogP contribution in [-0.4, -0.2) is 41.4 Å². The van der Waals surface area contributed by atoms with E-state index < -0.39 is 15.6 Å². The Labute approximate surface area is 198 Å². The fraction of sp³-hybridized carbons (Fsp3) is 0.320. The van der Waals surface area contributed by atoms with E-state index >= 15 is 0 Å². The molecule has 176 valence electrons. The summed E-state index contributed by atoms with van der Waals surface area (Å²) in [6.07, 6.45) is 5.64. The second-order valence-corrected chi connectivity index (χ2v) is 10.9. The summed E-state index contributed by atoms with van der Waals surface area (Å²) in [4.78, 5) is 27.7. The molecule has 34 heavy (non-hydrogen) atoms. The zero-order chi connectivity index (χ0) is 24.1. The van der Waals surface area contributed by atoms with Gasteiger partial charge in [-0.25, -0.2) is 0 Å². The number of rotatable bonds is 5. The molecule has 3 aromatic rings. The predicted octanol–water partition coefficient (Wildman–Crippen LogP) is 3.69. The minimum atomic E-state index is -3.73. The van der Waals surface area contributed by atoms with E-state index in [0.29, 0.717) is 12.2 Å². The maximum atomic E-state index is 13.2. The number of anilines is 2. The summed E-state index contributed by atoms with van der Waals surface area (Å²) in [5.74, 6) is -0.0324. The molecule has 0 unspecified atom stereocenters. The van der Waals surface area contributed by atoms with Gasteiger partial charge >= 0.3 is 0 Å². The molecule has 9 heteroatoms. The number of fused-ring (bicyclic) bond motifs is 1. The number of ketones is 1. The minimum absolute atomic E-state index is 0.0195. The molecule has 1 aliphatic carbocycles. The van der Waals surface area contributed by atoms with E-state index in [1.165, 1.54) is 19.3 Å². The number of aromatic nitrogens is 2. The summed E-state index contributed by atoms with van der Waals surface area (Å²) in [7, 11) is -3.73. The summed E-state index contributed by atoms with van der Waals surface area (Å²) < 4.78 is 26.2. The second-order valence-electron chi connectivity index (χ2n) is 9.11. The van der Waals surface area contributed by atoms with Crippen LogP contribution in [0.25, 0.3) is 11.1 Å². The van der Waals surface area contributed by atoms with Gasteiger partial charge in [0.2, 0.25) is 5.91 Å². The molecule has 8 nitrogen and oxygen atoms in total. The Kier molecular flexibility index (Phi) is 5.31. The number of carbonyl (C=O) groups excluding carboxylic acids is 2. The van der Waals surface area contributed by atoms with E-state index in [0.717, 1.165) is 40.2 Å². The smallest absolute Gasteiger partial charge is 0.282 e. The highest BCUT2D eigenvalue weighted by Gasteiger charge is 2.48. The van der Waals surface area contributed by atoms with Crippen LogP contribution in [0.15, 0.2) is 65.8 Å². The standard InChI is InChI=1S/C25H26N4O4S/c1-17(30)29-23-12-9-20(15-22(23)26-16-25(29,2)24(31)19-5-3-6-19)18-7-10-21(11-8-18)34(32,33)28-14-4-13-27-28/h4,7-15,19,26H,3,5-6,16H2,1-2H3/t25-/m0/s1. The number of nitrogens with zero attached hydrogens (tertiary/aromatic N) is 3. The van der Waals surface area contributed by atoms with Crippen molar-refractivity contribution in [2.75, 3.05) is 16.8 Å². The maximum Gasteiger partial charge on any atom is 0.282 e. The van der Waals surface area contributed by atoms with Gasteiger partial charge in [0, 0.05) is 25.6 Å². The molecule has 0 bridgehead atoms. The van der Waals surface area contributed by atoms with Crippen LogP contribution in [0.1, 0.15) is 33.1 Å². The third-order valence-electron chi connectivity index (χ3n) is 6.89. The SMILES string of the molecule is CC(=O)N1c2ccc(-c3ccc(S(=O)(=O)n4cccn4)cc3)cc2NC[C@@]1(C)C(=O)C1CCC1. The molecule has 0 spiro atoms. The predicted molar refractivity (Wildman–Crippen MR) is 129 cm³/mol. The first kappa shape index (κ1) is 22.3. The Morgan fingerprint density at radius 2 is 1.79 bits per heavy atom. The molecule has 1 amide bonds. The van der Waals surface area contributed by atoms with Gasteiger partial charge in [0.1, 0.15) is 5.54 Å². The van der Waals surface area contributed by atoms with Crippen LogP contribution < -0.4 is 10.2 Å². The molecule has 1 atom stereocenters. The summed E-state index contributed by atoms with van der Waals surface area (Å²) in [5.41, 5.74) is 2.22. The molecule has 2 heterocycles. The van der Waals surface area contributed by atoms with Crippen LogP contribution in [0.4, 0.5) is 11.4 Å². The van der Waals surface area contributed by atoms with E-state index in [9.17, 15) is 18.0 Å². The lowest BCUT2D eigenvalue weighted by atomic mass is 9.73. The topological polar surface area (TPSA) is 101 Å². The fourth-order valence-electron chi connectivity index (χ4n) is 4.81. The largest absolute Gasteiger partial charge is 0.381 e. The quantitative estimate of drug-likeness (QED) is 0.600. The molecule has 1 aromatic heterocycles. The number of hydrogen-bond acceptors (Lipinski definition) is 6. The third kappa shape index (κ3) is 3.51. The molecule has 1 aliphatic heterocycles. The molecule has 5 rings (SSSR count). The van der Waals surface area contributed by atoms with Gasteiger partial charge in [0.15, 0.2) is 5.78 Å². The number of benzene rings is 2. The summed E-state index contributed by atoms with van der Waals surface area (Å²) in [6.45, 7) is 3.69. The van der Waals surface area contributed by atoms with E-state index in [1.807, 2.05) is 25.1 Å². The van der Waals surface area contributed by atoms with Crippen LogP contribution in [-0.2, 0) is 19.6 Å². The highest BCUT2D eigenvalue weighted by Crippen LogP contribution is 2.42. The summed E-state index contributed by atoms with van der Waals surface area (Å²) in [6, 6.07) is 13.8. The maximum absolute atomic E-state index is 13.2. The zero-order valence-electron chi connectivity index (χ0n) is 19.1. The highest BCUT2D eigenvalue weighted by atomic mass is 32.2. The van der Waals surface area contributed by atoms with Crippen molar-refractivity contribution in [2.45, 2.75) is 43.5 Å². The van der Waals surface area contributed by atoms with Gasteiger partial charge in [0.25, 0.3) is 10.0 Å². The highest BCUT2D eigenvalue weighted by molar-refractivity contribution is 7.89. The van der Waals surface area contributed by atoms with Crippen LogP contribution in [0, 0.1) is 5.92 Å². The number of nitrogens with one attached hydrogen (secondary N) is 1. The number of hydrogen-bond donors (Lipinski definition) is 1. The molecular weight excluding hydrogens is 452 g/mol. The molecular formula is C25H26N4O4S. The van der Waals surface area contributed by atoms with Crippen molar-refractivity contribution in [1.82, 2.24) is 9.19 Å².